The Morgan fingerprint density at radius 1 is 0.881 bits per heavy atom. The third kappa shape index (κ3) is 15.0. The van der Waals surface area contributed by atoms with Gasteiger partial charge in [-0.05, 0) is 90.6 Å². The van der Waals surface area contributed by atoms with Crippen LogP contribution < -0.4 is 27.2 Å². The average Bonchev–Trinajstić information content (AvgIpc) is 3.52. The van der Waals surface area contributed by atoms with Gasteiger partial charge >= 0.3 is 11.9 Å². The molecule has 0 aliphatic carbocycles. The highest BCUT2D eigenvalue weighted by Gasteiger charge is 2.64. The molecule has 0 radical (unpaired) electrons. The first-order valence-electron chi connectivity index (χ1n) is 23.9. The molecule has 5 rings (SSSR count). The number of hydrogen-bond donors (Lipinski definition) is 4. The largest absolute Gasteiger partial charge is 0.554 e. The van der Waals surface area contributed by atoms with Gasteiger partial charge in [0.05, 0.1) is 30.9 Å². The molecule has 13 nitrogen and oxygen atoms in total. The molecule has 13 heteroatoms. The minimum Gasteiger partial charge on any atom is -0.554 e. The first kappa shape index (κ1) is 48.9. The predicted molar refractivity (Wildman–Crippen MR) is 230 cm³/mol. The van der Waals surface area contributed by atoms with E-state index in [1.165, 1.54) is 57.8 Å². The normalized spacial score (nSPS) is 28.2. The Balaban J connectivity index is 0.00000248. The van der Waals surface area contributed by atoms with Crippen molar-refractivity contribution < 1.29 is 38.3 Å². The van der Waals surface area contributed by atoms with Crippen molar-refractivity contribution in [3.63, 3.8) is 0 Å². The van der Waals surface area contributed by atoms with Gasteiger partial charge in [0.15, 0.2) is 11.6 Å². The van der Waals surface area contributed by atoms with E-state index in [-0.39, 0.29) is 36.0 Å². The number of rotatable bonds is 25. The van der Waals surface area contributed by atoms with E-state index in [1.807, 2.05) is 4.90 Å². The number of ether oxygens (including phenoxy) is 3. The molecule has 2 spiro atoms. The van der Waals surface area contributed by atoms with E-state index in [0.717, 1.165) is 122 Å². The molecular weight excluding hydrogens is 749 g/mol. The lowest BCUT2D eigenvalue weighted by molar-refractivity contribution is -0.609. The molecule has 5 aliphatic heterocycles. The summed E-state index contributed by atoms with van der Waals surface area (Å²) in [6.07, 6.45) is 32.5. The minimum atomic E-state index is -0.753. The Morgan fingerprint density at radius 3 is 2.17 bits per heavy atom. The number of nitrogens with two attached hydrogens (primary N) is 2. The zero-order chi connectivity index (χ0) is 42.4. The zero-order valence-electron chi connectivity index (χ0n) is 36.9. The molecule has 2 saturated heterocycles. The number of nitrogens with one attached hydrogen (secondary N) is 2. The topological polar surface area (TPSA) is 184 Å². The van der Waals surface area contributed by atoms with Crippen molar-refractivity contribution in [2.75, 3.05) is 32.8 Å². The highest BCUT2D eigenvalue weighted by Crippen LogP contribution is 2.45. The third-order valence-corrected chi connectivity index (χ3v) is 13.2. The van der Waals surface area contributed by atoms with Crippen LogP contribution in [0, 0.1) is 5.92 Å². The number of carbonyl (C=O) groups excluding carboxylic acids is 3. The molecule has 1 amide bonds. The SMILES string of the molecule is CC[C@H]1C=CCC[C@@]2(C[C@@H]3CC[C@@H]4[C@H](C(=O)OCCCCCCCCCCCCCCCC(=O)N(CCCN)CCCCN)[C@]5(CCC[C@@H](C)O5)NC(=[N+]34)N2)O1.O=C[O-]. The third-order valence-electron chi connectivity index (χ3n) is 13.2. The van der Waals surface area contributed by atoms with Gasteiger partial charge in [0.2, 0.25) is 11.6 Å². The van der Waals surface area contributed by atoms with Crippen LogP contribution >= 0.6 is 0 Å². The Kier molecular flexibility index (Phi) is 22.0. The number of esters is 1. The van der Waals surface area contributed by atoms with Crippen LogP contribution in [-0.4, -0.2) is 102 Å². The van der Waals surface area contributed by atoms with E-state index in [9.17, 15) is 9.59 Å². The summed E-state index contributed by atoms with van der Waals surface area (Å²) in [6, 6.07) is 0.405. The fourth-order valence-corrected chi connectivity index (χ4v) is 10.2. The Labute approximate surface area is 356 Å². The van der Waals surface area contributed by atoms with Gasteiger partial charge in [-0.15, -0.1) is 0 Å². The summed E-state index contributed by atoms with van der Waals surface area (Å²) in [7, 11) is 0. The summed E-state index contributed by atoms with van der Waals surface area (Å²) in [6.45, 7) is 7.22. The van der Waals surface area contributed by atoms with Crippen molar-refractivity contribution in [2.24, 2.45) is 17.4 Å². The van der Waals surface area contributed by atoms with Gasteiger partial charge in [-0.1, -0.05) is 89.7 Å². The number of unbranched alkanes of at least 4 members (excludes halogenated alkanes) is 13. The number of allylic oxidation sites excluding steroid dienone is 1. The maximum Gasteiger partial charge on any atom is 0.350 e. The van der Waals surface area contributed by atoms with Crippen molar-refractivity contribution in [1.82, 2.24) is 15.5 Å². The lowest BCUT2D eigenvalue weighted by Crippen LogP contribution is -2.76. The van der Waals surface area contributed by atoms with Crippen LogP contribution in [0.1, 0.15) is 181 Å². The molecule has 0 aromatic carbocycles. The number of nitrogens with zero attached hydrogens (tertiary/aromatic N) is 2. The summed E-state index contributed by atoms with van der Waals surface area (Å²) in [5.74, 6) is 0.839. The van der Waals surface area contributed by atoms with Crippen LogP contribution in [0.5, 0.6) is 0 Å². The van der Waals surface area contributed by atoms with E-state index in [4.69, 9.17) is 35.6 Å². The van der Waals surface area contributed by atoms with E-state index in [0.29, 0.717) is 32.2 Å². The fraction of sp³-hybridized carbons (Fsp3) is 0.870. The van der Waals surface area contributed by atoms with Crippen molar-refractivity contribution in [1.29, 1.82) is 0 Å². The number of carboxylic acid groups (broad SMARTS) is 1. The van der Waals surface area contributed by atoms with Gasteiger partial charge in [0, 0.05) is 45.2 Å². The summed E-state index contributed by atoms with van der Waals surface area (Å²) in [5, 5.41) is 15.9. The number of guanidine groups is 1. The standard InChI is InChI=1S/C45H80N6O5.CH2O2/c1-3-38-24-16-17-28-44(56-38)35-37-26-27-39-41(45(29-21-23-36(2)55-45)49-43(48-44)51(37)39)42(53)54-34-20-14-12-10-8-6-4-5-7-9-11-13-15-25-40(52)50(33-22-31-47)32-19-18-30-46;2-1-3/h16,24,36-39,41H,3-15,17-23,25-35,46-47H2,1-2H3,(H,48,49);1H,(H,2,3)/t36-,37+,38+,39-,41-,44+,45-;/m1./s1. The van der Waals surface area contributed by atoms with Crippen LogP contribution in [0.25, 0.3) is 0 Å². The van der Waals surface area contributed by atoms with E-state index in [1.54, 1.807) is 0 Å². The van der Waals surface area contributed by atoms with Crippen molar-refractivity contribution in [3.8, 4) is 0 Å². The van der Waals surface area contributed by atoms with Gasteiger partial charge in [0.1, 0.15) is 0 Å². The molecule has 0 aromatic rings. The minimum absolute atomic E-state index is 0.0697. The molecule has 6 N–H and O–H groups in total. The molecule has 2 fully saturated rings. The second-order valence-corrected chi connectivity index (χ2v) is 17.9. The Hall–Kier alpha value is -2.74. The molecule has 0 saturated carbocycles. The maximum atomic E-state index is 14.1. The van der Waals surface area contributed by atoms with Crippen molar-refractivity contribution in [3.05, 3.63) is 12.2 Å². The van der Waals surface area contributed by atoms with Gasteiger partial charge in [0.25, 0.3) is 0 Å². The van der Waals surface area contributed by atoms with Gasteiger partial charge in [-0.25, -0.2) is 10.6 Å². The number of hydrogen-bond acceptors (Lipinski definition) is 11. The van der Waals surface area contributed by atoms with Gasteiger partial charge < -0.3 is 40.5 Å². The van der Waals surface area contributed by atoms with E-state index >= 15 is 0 Å². The zero-order valence-corrected chi connectivity index (χ0v) is 36.9. The quantitative estimate of drug-likeness (QED) is 0.0299. The van der Waals surface area contributed by atoms with Crippen LogP contribution in [0.2, 0.25) is 0 Å². The number of amides is 1. The summed E-state index contributed by atoms with van der Waals surface area (Å²) < 4.78 is 22.2. The van der Waals surface area contributed by atoms with Crippen LogP contribution in [0.4, 0.5) is 0 Å². The first-order chi connectivity index (χ1) is 28.7. The molecule has 5 heterocycles. The lowest BCUT2D eigenvalue weighted by Gasteiger charge is -2.50. The molecule has 5 aliphatic rings. The average molecular weight is 831 g/mol. The van der Waals surface area contributed by atoms with Gasteiger partial charge in [-0.3, -0.25) is 14.2 Å². The second kappa shape index (κ2) is 26.6. The second-order valence-electron chi connectivity index (χ2n) is 17.9. The molecule has 0 unspecified atom stereocenters. The van der Waals surface area contributed by atoms with Crippen LogP contribution in [0.15, 0.2) is 12.2 Å². The first-order valence-corrected chi connectivity index (χ1v) is 23.9. The Bertz CT molecular complexity index is 1320. The smallest absolute Gasteiger partial charge is 0.350 e. The van der Waals surface area contributed by atoms with Crippen molar-refractivity contribution in [2.45, 2.75) is 217 Å². The van der Waals surface area contributed by atoms with Crippen molar-refractivity contribution >= 4 is 24.3 Å². The predicted octanol–water partition coefficient (Wildman–Crippen LogP) is 5.51. The molecule has 0 bridgehead atoms. The highest BCUT2D eigenvalue weighted by atomic mass is 16.6. The van der Waals surface area contributed by atoms with Crippen LogP contribution in [0.3, 0.4) is 0 Å². The molecule has 7 atom stereocenters. The fourth-order valence-electron chi connectivity index (χ4n) is 10.2. The summed E-state index contributed by atoms with van der Waals surface area (Å²) in [5.41, 5.74) is 10.1. The summed E-state index contributed by atoms with van der Waals surface area (Å²) >= 11 is 0. The molecular formula is C46H82N6O7. The Morgan fingerprint density at radius 2 is 1.53 bits per heavy atom. The highest BCUT2D eigenvalue weighted by molar-refractivity contribution is 5.82. The molecule has 338 valence electrons. The monoisotopic (exact) mass is 831 g/mol. The van der Waals surface area contributed by atoms with E-state index in [2.05, 4.69) is 41.2 Å². The lowest BCUT2D eigenvalue weighted by atomic mass is 9.80. The van der Waals surface area contributed by atoms with Crippen LogP contribution in [-0.2, 0) is 28.6 Å². The maximum absolute atomic E-state index is 14.1. The van der Waals surface area contributed by atoms with Gasteiger partial charge in [-0.2, -0.15) is 0 Å². The molecule has 0 aromatic heterocycles. The molecule has 59 heavy (non-hydrogen) atoms. The summed E-state index contributed by atoms with van der Waals surface area (Å²) in [4.78, 5) is 37.0. The number of carbonyl (C=O) groups is 3. The van der Waals surface area contributed by atoms with E-state index < -0.39 is 17.9 Å².